The fourth-order valence-electron chi connectivity index (χ4n) is 1.67. The summed E-state index contributed by atoms with van der Waals surface area (Å²) in [6.07, 6.45) is 0.633. The van der Waals surface area contributed by atoms with Gasteiger partial charge in [0.05, 0.1) is 6.04 Å². The molecule has 0 saturated heterocycles. The summed E-state index contributed by atoms with van der Waals surface area (Å²) in [6.45, 7) is 0.284. The van der Waals surface area contributed by atoms with Gasteiger partial charge >= 0.3 is 5.97 Å². The number of carbonyl (C=O) groups excluding carboxylic acids is 1. The molecule has 1 atom stereocenters. The number of carboxylic acids is 1. The highest BCUT2D eigenvalue weighted by atomic mass is 16.4. The Morgan fingerprint density at radius 1 is 1.22 bits per heavy atom. The van der Waals surface area contributed by atoms with E-state index in [4.69, 9.17) is 10.8 Å². The maximum Gasteiger partial charge on any atom is 0.303 e. The Balaban J connectivity index is 2.69. The van der Waals surface area contributed by atoms with Gasteiger partial charge in [0, 0.05) is 19.4 Å². The monoisotopic (exact) mass is 250 g/mol. The molecule has 0 saturated carbocycles. The van der Waals surface area contributed by atoms with Gasteiger partial charge in [0.2, 0.25) is 5.91 Å². The van der Waals surface area contributed by atoms with Gasteiger partial charge in [0.1, 0.15) is 0 Å². The predicted molar refractivity (Wildman–Crippen MR) is 67.9 cm³/mol. The van der Waals surface area contributed by atoms with Crippen LogP contribution in [0.3, 0.4) is 0 Å². The number of amides is 1. The topological polar surface area (TPSA) is 92.4 Å². The van der Waals surface area contributed by atoms with Crippen molar-refractivity contribution in [2.75, 3.05) is 6.54 Å². The molecule has 1 amide bonds. The molecule has 0 aliphatic carbocycles. The van der Waals surface area contributed by atoms with E-state index < -0.39 is 5.97 Å². The highest BCUT2D eigenvalue weighted by molar-refractivity contribution is 5.76. The SMILES string of the molecule is NCCC(=O)NC(CCC(=O)O)c1ccccc1. The fourth-order valence-corrected chi connectivity index (χ4v) is 1.67. The summed E-state index contributed by atoms with van der Waals surface area (Å²) in [4.78, 5) is 22.1. The summed E-state index contributed by atoms with van der Waals surface area (Å²) in [5.74, 6) is -1.03. The first-order valence-corrected chi connectivity index (χ1v) is 5.89. The second-order valence-electron chi connectivity index (χ2n) is 4.00. The van der Waals surface area contributed by atoms with Crippen LogP contribution in [0.1, 0.15) is 30.9 Å². The zero-order valence-corrected chi connectivity index (χ0v) is 10.1. The quantitative estimate of drug-likeness (QED) is 0.674. The Bertz CT molecular complexity index is 392. The molecule has 1 aromatic carbocycles. The zero-order valence-electron chi connectivity index (χ0n) is 10.1. The highest BCUT2D eigenvalue weighted by Crippen LogP contribution is 2.18. The number of hydrogen-bond acceptors (Lipinski definition) is 3. The lowest BCUT2D eigenvalue weighted by atomic mass is 10.0. The summed E-state index contributed by atoms with van der Waals surface area (Å²) in [6, 6.07) is 9.06. The average Bonchev–Trinajstić information content (AvgIpc) is 2.35. The van der Waals surface area contributed by atoms with E-state index in [9.17, 15) is 9.59 Å². The molecule has 0 aliphatic heterocycles. The highest BCUT2D eigenvalue weighted by Gasteiger charge is 2.15. The van der Waals surface area contributed by atoms with Crippen molar-refractivity contribution < 1.29 is 14.7 Å². The lowest BCUT2D eigenvalue weighted by Crippen LogP contribution is -2.30. The molecule has 5 heteroatoms. The van der Waals surface area contributed by atoms with Crippen molar-refractivity contribution in [3.05, 3.63) is 35.9 Å². The van der Waals surface area contributed by atoms with Crippen molar-refractivity contribution in [2.45, 2.75) is 25.3 Å². The molecule has 0 spiro atoms. The molecule has 1 unspecified atom stereocenters. The Morgan fingerprint density at radius 2 is 1.89 bits per heavy atom. The van der Waals surface area contributed by atoms with Gasteiger partial charge in [-0.15, -0.1) is 0 Å². The van der Waals surface area contributed by atoms with Crippen LogP contribution >= 0.6 is 0 Å². The van der Waals surface area contributed by atoms with Crippen LogP contribution in [0.4, 0.5) is 0 Å². The molecule has 0 radical (unpaired) electrons. The number of hydrogen-bond donors (Lipinski definition) is 3. The lowest BCUT2D eigenvalue weighted by Gasteiger charge is -2.18. The zero-order chi connectivity index (χ0) is 13.4. The first kappa shape index (κ1) is 14.2. The Labute approximate surface area is 106 Å². The number of nitrogens with one attached hydrogen (secondary N) is 1. The van der Waals surface area contributed by atoms with Crippen LogP contribution in [0.2, 0.25) is 0 Å². The smallest absolute Gasteiger partial charge is 0.303 e. The largest absolute Gasteiger partial charge is 0.481 e. The molecular formula is C13H18N2O3. The van der Waals surface area contributed by atoms with Crippen LogP contribution in [0, 0.1) is 0 Å². The fraction of sp³-hybridized carbons (Fsp3) is 0.385. The lowest BCUT2D eigenvalue weighted by molar-refractivity contribution is -0.137. The predicted octanol–water partition coefficient (Wildman–Crippen LogP) is 1.06. The van der Waals surface area contributed by atoms with E-state index >= 15 is 0 Å². The molecule has 0 heterocycles. The Kier molecular flexibility index (Phi) is 5.87. The molecule has 18 heavy (non-hydrogen) atoms. The third kappa shape index (κ3) is 4.97. The molecule has 0 aliphatic rings. The number of carboxylic acid groups (broad SMARTS) is 1. The van der Waals surface area contributed by atoms with Crippen LogP contribution in [0.25, 0.3) is 0 Å². The van der Waals surface area contributed by atoms with Gasteiger partial charge in [0.25, 0.3) is 0 Å². The number of benzene rings is 1. The van der Waals surface area contributed by atoms with E-state index in [0.29, 0.717) is 6.42 Å². The molecular weight excluding hydrogens is 232 g/mol. The van der Waals surface area contributed by atoms with Gasteiger partial charge in [-0.3, -0.25) is 9.59 Å². The van der Waals surface area contributed by atoms with Crippen LogP contribution in [-0.4, -0.2) is 23.5 Å². The average molecular weight is 250 g/mol. The molecule has 0 fully saturated rings. The van der Waals surface area contributed by atoms with Gasteiger partial charge in [-0.1, -0.05) is 30.3 Å². The number of aliphatic carboxylic acids is 1. The summed E-state index contributed by atoms with van der Waals surface area (Å²) < 4.78 is 0. The van der Waals surface area contributed by atoms with Crippen molar-refractivity contribution in [3.8, 4) is 0 Å². The third-order valence-corrected chi connectivity index (χ3v) is 2.56. The van der Waals surface area contributed by atoms with E-state index in [-0.39, 0.29) is 31.3 Å². The number of rotatable bonds is 7. The number of nitrogens with two attached hydrogens (primary N) is 1. The minimum absolute atomic E-state index is 0.0163. The van der Waals surface area contributed by atoms with E-state index in [2.05, 4.69) is 5.32 Å². The first-order chi connectivity index (χ1) is 8.63. The second kappa shape index (κ2) is 7.45. The maximum atomic E-state index is 11.5. The van der Waals surface area contributed by atoms with Crippen molar-refractivity contribution >= 4 is 11.9 Å². The summed E-state index contributed by atoms with van der Waals surface area (Å²) in [7, 11) is 0. The summed E-state index contributed by atoms with van der Waals surface area (Å²) in [5.41, 5.74) is 6.22. The molecule has 4 N–H and O–H groups in total. The van der Waals surface area contributed by atoms with Crippen LogP contribution < -0.4 is 11.1 Å². The Morgan fingerprint density at radius 3 is 2.44 bits per heavy atom. The van der Waals surface area contributed by atoms with Gasteiger partial charge in [-0.2, -0.15) is 0 Å². The minimum Gasteiger partial charge on any atom is -0.481 e. The van der Waals surface area contributed by atoms with Gasteiger partial charge in [-0.05, 0) is 12.0 Å². The van der Waals surface area contributed by atoms with Crippen LogP contribution in [-0.2, 0) is 9.59 Å². The van der Waals surface area contributed by atoms with Crippen LogP contribution in [0.5, 0.6) is 0 Å². The van der Waals surface area contributed by atoms with E-state index in [1.165, 1.54) is 0 Å². The third-order valence-electron chi connectivity index (χ3n) is 2.56. The number of carbonyl (C=O) groups is 2. The minimum atomic E-state index is -0.871. The maximum absolute atomic E-state index is 11.5. The van der Waals surface area contributed by atoms with Gasteiger partial charge in [-0.25, -0.2) is 0 Å². The normalized spacial score (nSPS) is 11.8. The summed E-state index contributed by atoms with van der Waals surface area (Å²) >= 11 is 0. The van der Waals surface area contributed by atoms with E-state index in [0.717, 1.165) is 5.56 Å². The second-order valence-corrected chi connectivity index (χ2v) is 4.00. The molecule has 1 rings (SSSR count). The molecule has 0 aromatic heterocycles. The molecule has 98 valence electrons. The van der Waals surface area contributed by atoms with Crippen molar-refractivity contribution in [2.24, 2.45) is 5.73 Å². The van der Waals surface area contributed by atoms with E-state index in [1.807, 2.05) is 30.3 Å². The van der Waals surface area contributed by atoms with Crippen molar-refractivity contribution in [1.29, 1.82) is 0 Å². The van der Waals surface area contributed by atoms with Gasteiger partial charge in [0.15, 0.2) is 0 Å². The first-order valence-electron chi connectivity index (χ1n) is 5.89. The van der Waals surface area contributed by atoms with Gasteiger partial charge < -0.3 is 16.2 Å². The molecule has 0 bridgehead atoms. The van der Waals surface area contributed by atoms with Crippen molar-refractivity contribution in [1.82, 2.24) is 5.32 Å². The van der Waals surface area contributed by atoms with Crippen LogP contribution in [0.15, 0.2) is 30.3 Å². The summed E-state index contributed by atoms with van der Waals surface area (Å²) in [5, 5.41) is 11.5. The Hall–Kier alpha value is -1.88. The molecule has 5 nitrogen and oxygen atoms in total. The molecule has 1 aromatic rings. The van der Waals surface area contributed by atoms with Crippen molar-refractivity contribution in [3.63, 3.8) is 0 Å². The standard InChI is InChI=1S/C13H18N2O3/c14-9-8-12(16)15-11(6-7-13(17)18)10-4-2-1-3-5-10/h1-5,11H,6-9,14H2,(H,15,16)(H,17,18). The van der Waals surface area contributed by atoms with E-state index in [1.54, 1.807) is 0 Å².